The highest BCUT2D eigenvalue weighted by molar-refractivity contribution is 5.83. The van der Waals surface area contributed by atoms with Gasteiger partial charge >= 0.3 is 5.97 Å². The molecule has 1 N–H and O–H groups in total. The van der Waals surface area contributed by atoms with Gasteiger partial charge in [-0.1, -0.05) is 71.9 Å². The zero-order chi connectivity index (χ0) is 44.3. The normalized spacial score (nSPS) is 41.3. The Hall–Kier alpha value is -2.12. The zero-order valence-electron chi connectivity index (χ0n) is 38.1. The molecule has 0 spiro atoms. The molecule has 0 aliphatic carbocycles. The Morgan fingerprint density at radius 1 is 0.717 bits per heavy atom. The molecule has 0 aromatic carbocycles. The van der Waals surface area contributed by atoms with Gasteiger partial charge in [0.2, 0.25) is 0 Å². The van der Waals surface area contributed by atoms with Crippen LogP contribution in [-0.4, -0.2) is 158 Å². The summed E-state index contributed by atoms with van der Waals surface area (Å²) in [7, 11) is 9.36. The third kappa shape index (κ3) is 12.5. The first-order valence-electron chi connectivity index (χ1n) is 21.4. The van der Waals surface area contributed by atoms with Gasteiger partial charge in [0.1, 0.15) is 48.8 Å². The largest absolute Gasteiger partial charge is 0.457 e. The molecule has 4 heterocycles. The van der Waals surface area contributed by atoms with Crippen LogP contribution in [0.3, 0.4) is 0 Å². The van der Waals surface area contributed by atoms with Crippen LogP contribution in [0.2, 0.25) is 0 Å². The summed E-state index contributed by atoms with van der Waals surface area (Å²) in [5.41, 5.74) is -0.924. The molecule has 0 radical (unpaired) electrons. The van der Waals surface area contributed by atoms with Gasteiger partial charge < -0.3 is 61.9 Å². The molecule has 4 rings (SSSR count). The fraction of sp³-hybridized carbons (Fsp3) is 0.822. The van der Waals surface area contributed by atoms with E-state index in [0.717, 1.165) is 0 Å². The number of carbonyl (C=O) groups is 2. The van der Waals surface area contributed by atoms with E-state index in [1.165, 1.54) is 7.11 Å². The predicted octanol–water partition coefficient (Wildman–Crippen LogP) is 4.75. The second-order valence-corrected chi connectivity index (χ2v) is 17.5. The molecular formula is C45H74O15. The first-order valence-corrected chi connectivity index (χ1v) is 21.4. The summed E-state index contributed by atoms with van der Waals surface area (Å²) in [6, 6.07) is 0. The van der Waals surface area contributed by atoms with E-state index < -0.39 is 97.2 Å². The van der Waals surface area contributed by atoms with Gasteiger partial charge in [-0.25, -0.2) is 0 Å². The van der Waals surface area contributed by atoms with E-state index in [1.54, 1.807) is 41.6 Å². The molecule has 0 aromatic rings. The molecule has 15 heteroatoms. The molecular weight excluding hydrogens is 780 g/mol. The van der Waals surface area contributed by atoms with Crippen molar-refractivity contribution >= 4 is 11.8 Å². The second kappa shape index (κ2) is 23.5. The average Bonchev–Trinajstić information content (AvgIpc) is 3.19. The van der Waals surface area contributed by atoms with Gasteiger partial charge in [-0.05, 0) is 31.3 Å². The lowest BCUT2D eigenvalue weighted by molar-refractivity contribution is -0.359. The van der Waals surface area contributed by atoms with E-state index in [4.69, 9.17) is 56.8 Å². The number of fused-ring (bicyclic) bond motifs is 2. The molecule has 4 aliphatic heterocycles. The van der Waals surface area contributed by atoms with Gasteiger partial charge in [-0.15, -0.1) is 0 Å². The number of ketones is 1. The summed E-state index contributed by atoms with van der Waals surface area (Å²) in [6.07, 6.45) is 1.66. The summed E-state index contributed by atoms with van der Waals surface area (Å²) in [6.45, 7) is 13.7. The number of aliphatic hydroxyl groups excluding tert-OH is 1. The van der Waals surface area contributed by atoms with Crippen molar-refractivity contribution in [1.29, 1.82) is 0 Å². The highest BCUT2D eigenvalue weighted by Gasteiger charge is 2.52. The van der Waals surface area contributed by atoms with E-state index >= 15 is 0 Å². The van der Waals surface area contributed by atoms with Crippen LogP contribution < -0.4 is 0 Å². The van der Waals surface area contributed by atoms with E-state index in [1.807, 2.05) is 58.9 Å². The minimum atomic E-state index is -0.939. The quantitative estimate of drug-likeness (QED) is 0.188. The zero-order valence-corrected chi connectivity index (χ0v) is 38.1. The first kappa shape index (κ1) is 50.5. The number of allylic oxidation sites excluding steroid dienone is 5. The summed E-state index contributed by atoms with van der Waals surface area (Å²) in [4.78, 5) is 27.9. The number of carbonyl (C=O) groups excluding carboxylic acids is 2. The summed E-state index contributed by atoms with van der Waals surface area (Å²) >= 11 is 0. The van der Waals surface area contributed by atoms with Crippen LogP contribution >= 0.6 is 0 Å². The molecule has 4 aliphatic rings. The lowest BCUT2D eigenvalue weighted by Crippen LogP contribution is -2.64. The van der Waals surface area contributed by atoms with E-state index in [-0.39, 0.29) is 49.6 Å². The molecule has 1 unspecified atom stereocenters. The van der Waals surface area contributed by atoms with Crippen LogP contribution in [0.4, 0.5) is 0 Å². The SMILES string of the molecule is COC1C(=O)C[C@@H]2C[C@H](O[C@@H]3OC[C@@H](OC)[C@H](O[C@@H]4O[C@@H](C)[C@@H](OC)[C@@H](OC)[C@@H]4OC)[C@H]3OC)[C@H](C)[C@H](CC(=O)O[C@H](/C=C/C=C/C=C/C(C)C)C(C)(C)[C@H](O)C[C@H]1C)O2. The van der Waals surface area contributed by atoms with Crippen molar-refractivity contribution < 1.29 is 71.5 Å². The Kier molecular flexibility index (Phi) is 19.8. The highest BCUT2D eigenvalue weighted by atomic mass is 16.8. The van der Waals surface area contributed by atoms with Gasteiger partial charge in [0.05, 0.1) is 43.5 Å². The summed E-state index contributed by atoms with van der Waals surface area (Å²) in [5, 5.41) is 11.6. The van der Waals surface area contributed by atoms with Crippen molar-refractivity contribution in [3.8, 4) is 0 Å². The van der Waals surface area contributed by atoms with Crippen molar-refractivity contribution in [2.45, 2.75) is 166 Å². The predicted molar refractivity (Wildman–Crippen MR) is 221 cm³/mol. The van der Waals surface area contributed by atoms with E-state index in [0.29, 0.717) is 12.3 Å². The number of aliphatic hydroxyl groups is 1. The van der Waals surface area contributed by atoms with Crippen LogP contribution in [0.15, 0.2) is 36.5 Å². The molecule has 4 saturated heterocycles. The molecule has 0 aromatic heterocycles. The molecule has 0 saturated carbocycles. The van der Waals surface area contributed by atoms with Crippen LogP contribution in [0.25, 0.3) is 0 Å². The number of cyclic esters (lactones) is 1. The van der Waals surface area contributed by atoms with E-state index in [2.05, 4.69) is 19.9 Å². The Labute approximate surface area is 357 Å². The standard InChI is InChI=1S/C45H74O15/c1-25(2)18-16-14-15-17-19-35-45(6,7)34(47)20-26(3)37(50-9)30(46)21-29-22-31(27(4)32(57-29)23-36(48)59-35)58-43-41(53-12)39(33(49-8)24-55-43)60-44-42(54-13)40(52-11)38(51-10)28(5)56-44/h14-19,25-29,31-35,37-44,47H,20-24H2,1-13H3/b15-14+,18-16+,19-17+/t26-,27+,28+,29-,31+,32+,33-,34-,35-,37?,38-,39+,40-,41-,42+,43+,44+/m1/s1. The van der Waals surface area contributed by atoms with Gasteiger partial charge in [0.15, 0.2) is 18.4 Å². The minimum Gasteiger partial charge on any atom is -0.457 e. The number of esters is 1. The number of methoxy groups -OCH3 is 6. The number of Topliss-reactive ketones (excluding diaryl/α,β-unsaturated/α-hetero) is 1. The van der Waals surface area contributed by atoms with Crippen molar-refractivity contribution in [2.75, 3.05) is 49.3 Å². The maximum absolute atomic E-state index is 14.0. The highest BCUT2D eigenvalue weighted by Crippen LogP contribution is 2.39. The average molecular weight is 855 g/mol. The maximum atomic E-state index is 14.0. The lowest BCUT2D eigenvalue weighted by Gasteiger charge is -2.48. The van der Waals surface area contributed by atoms with Crippen LogP contribution in [0.1, 0.15) is 74.1 Å². The van der Waals surface area contributed by atoms with Gasteiger partial charge in [-0.2, -0.15) is 0 Å². The Morgan fingerprint density at radius 3 is 1.98 bits per heavy atom. The van der Waals surface area contributed by atoms with Crippen molar-refractivity contribution in [3.05, 3.63) is 36.5 Å². The fourth-order valence-electron chi connectivity index (χ4n) is 8.77. The van der Waals surface area contributed by atoms with Crippen LogP contribution in [0.5, 0.6) is 0 Å². The molecule has 60 heavy (non-hydrogen) atoms. The molecule has 15 nitrogen and oxygen atoms in total. The molecule has 0 amide bonds. The molecule has 344 valence electrons. The monoisotopic (exact) mass is 855 g/mol. The van der Waals surface area contributed by atoms with Crippen LogP contribution in [0, 0.1) is 23.2 Å². The van der Waals surface area contributed by atoms with Crippen molar-refractivity contribution in [2.24, 2.45) is 23.2 Å². The van der Waals surface area contributed by atoms with Crippen LogP contribution in [-0.2, 0) is 66.4 Å². The molecule has 17 atom stereocenters. The Bertz CT molecular complexity index is 1420. The summed E-state index contributed by atoms with van der Waals surface area (Å²) < 4.78 is 73.8. The van der Waals surface area contributed by atoms with Gasteiger partial charge in [-0.3, -0.25) is 9.59 Å². The second-order valence-electron chi connectivity index (χ2n) is 17.5. The fourth-order valence-corrected chi connectivity index (χ4v) is 8.77. The third-order valence-corrected chi connectivity index (χ3v) is 12.6. The van der Waals surface area contributed by atoms with Crippen molar-refractivity contribution in [1.82, 2.24) is 0 Å². The molecule has 2 bridgehead atoms. The van der Waals surface area contributed by atoms with Gasteiger partial charge in [0.25, 0.3) is 0 Å². The van der Waals surface area contributed by atoms with Gasteiger partial charge in [0, 0.05) is 66.8 Å². The number of rotatable bonds is 14. The first-order chi connectivity index (χ1) is 28.5. The number of hydrogen-bond acceptors (Lipinski definition) is 15. The minimum absolute atomic E-state index is 0.0128. The number of ether oxygens (including phenoxy) is 12. The van der Waals surface area contributed by atoms with E-state index in [9.17, 15) is 14.7 Å². The Balaban J connectivity index is 1.62. The smallest absolute Gasteiger partial charge is 0.309 e. The maximum Gasteiger partial charge on any atom is 0.309 e. The summed E-state index contributed by atoms with van der Waals surface area (Å²) in [5.74, 6) is -0.977. The third-order valence-electron chi connectivity index (χ3n) is 12.6. The molecule has 4 fully saturated rings. The topological polar surface area (TPSA) is 165 Å². The van der Waals surface area contributed by atoms with Crippen molar-refractivity contribution in [3.63, 3.8) is 0 Å². The Morgan fingerprint density at radius 2 is 1.37 bits per heavy atom. The number of hydrogen-bond donors (Lipinski definition) is 1. The lowest BCUT2D eigenvalue weighted by atomic mass is 9.75.